The Morgan fingerprint density at radius 1 is 1.00 bits per heavy atom. The van der Waals surface area contributed by atoms with E-state index in [4.69, 9.17) is 14.6 Å². The van der Waals surface area contributed by atoms with E-state index in [1.165, 1.54) is 6.33 Å². The zero-order chi connectivity index (χ0) is 29.1. The van der Waals surface area contributed by atoms with Gasteiger partial charge in [0.1, 0.15) is 36.5 Å². The van der Waals surface area contributed by atoms with E-state index in [9.17, 15) is 14.9 Å². The predicted octanol–water partition coefficient (Wildman–Crippen LogP) is 3.00. The number of fused-ring (bicyclic) bond motifs is 1. The van der Waals surface area contributed by atoms with Crippen molar-refractivity contribution in [3.63, 3.8) is 0 Å². The summed E-state index contributed by atoms with van der Waals surface area (Å²) in [6, 6.07) is 17.1. The van der Waals surface area contributed by atoms with E-state index < -0.39 is 6.61 Å². The van der Waals surface area contributed by atoms with Gasteiger partial charge in [-0.25, -0.2) is 9.97 Å². The lowest BCUT2D eigenvalue weighted by molar-refractivity contribution is -0.135. The minimum atomic E-state index is -0.493. The number of nitrogens with zero attached hydrogens (tertiary/aromatic N) is 5. The molecule has 2 aliphatic rings. The third-order valence-corrected chi connectivity index (χ3v) is 7.76. The Labute approximate surface area is 242 Å². The van der Waals surface area contributed by atoms with Crippen LogP contribution in [0.4, 0.5) is 0 Å². The molecule has 42 heavy (non-hydrogen) atoms. The molecule has 0 aliphatic carbocycles. The van der Waals surface area contributed by atoms with Crippen LogP contribution in [0.15, 0.2) is 54.9 Å². The van der Waals surface area contributed by atoms with Gasteiger partial charge in [-0.1, -0.05) is 12.1 Å². The Morgan fingerprint density at radius 2 is 1.74 bits per heavy atom. The average Bonchev–Trinajstić information content (AvgIpc) is 3.50. The minimum absolute atomic E-state index is 0.00219. The fraction of sp³-hybridized carbons (Fsp3) is 0.323. The summed E-state index contributed by atoms with van der Waals surface area (Å²) in [6.07, 6.45) is 2.61. The van der Waals surface area contributed by atoms with Gasteiger partial charge < -0.3 is 29.4 Å². The number of aliphatic hydroxyl groups excluding tert-OH is 1. The number of aromatic nitrogens is 3. The van der Waals surface area contributed by atoms with Gasteiger partial charge in [-0.05, 0) is 42.0 Å². The van der Waals surface area contributed by atoms with Gasteiger partial charge in [0, 0.05) is 61.2 Å². The normalized spacial score (nSPS) is 15.9. The number of benzene rings is 2. The van der Waals surface area contributed by atoms with Crippen molar-refractivity contribution < 1.29 is 24.2 Å². The highest BCUT2D eigenvalue weighted by molar-refractivity contribution is 5.96. The first-order valence-electron chi connectivity index (χ1n) is 13.9. The number of hydrogen-bond acceptors (Lipinski definition) is 8. The molecule has 2 aliphatic heterocycles. The first kappa shape index (κ1) is 27.4. The van der Waals surface area contributed by atoms with Crippen LogP contribution < -0.4 is 4.74 Å². The van der Waals surface area contributed by atoms with Crippen molar-refractivity contribution in [2.24, 2.45) is 0 Å². The van der Waals surface area contributed by atoms with Crippen LogP contribution >= 0.6 is 0 Å². The van der Waals surface area contributed by atoms with Crippen molar-refractivity contribution >= 4 is 22.8 Å². The molecule has 11 nitrogen and oxygen atoms in total. The maximum absolute atomic E-state index is 12.8. The van der Waals surface area contributed by atoms with Gasteiger partial charge >= 0.3 is 0 Å². The molecule has 0 atom stereocenters. The molecule has 2 amide bonds. The molecule has 4 heterocycles. The van der Waals surface area contributed by atoms with Crippen LogP contribution in [0.25, 0.3) is 33.5 Å². The highest BCUT2D eigenvalue weighted by Crippen LogP contribution is 2.33. The van der Waals surface area contributed by atoms with Crippen molar-refractivity contribution in [1.82, 2.24) is 24.8 Å². The smallest absolute Gasteiger partial charge is 0.254 e. The molecule has 2 aromatic heterocycles. The van der Waals surface area contributed by atoms with E-state index in [-0.39, 0.29) is 17.9 Å². The molecule has 11 heteroatoms. The second-order valence-electron chi connectivity index (χ2n) is 10.3. The Bertz CT molecular complexity index is 1650. The van der Waals surface area contributed by atoms with E-state index in [2.05, 4.69) is 21.0 Å². The first-order chi connectivity index (χ1) is 20.5. The molecule has 214 valence electrons. The van der Waals surface area contributed by atoms with Crippen LogP contribution in [0, 0.1) is 11.3 Å². The number of hydrogen-bond donors (Lipinski definition) is 2. The number of morpholine rings is 1. The van der Waals surface area contributed by atoms with Crippen molar-refractivity contribution in [2.75, 3.05) is 46.0 Å². The number of aromatic amines is 1. The van der Waals surface area contributed by atoms with E-state index >= 15 is 0 Å². The summed E-state index contributed by atoms with van der Waals surface area (Å²) in [5.41, 5.74) is 4.87. The van der Waals surface area contributed by atoms with Crippen LogP contribution in [0.3, 0.4) is 0 Å². The molecule has 2 saturated heterocycles. The minimum Gasteiger partial charge on any atom is -0.489 e. The third-order valence-electron chi connectivity index (χ3n) is 7.76. The second-order valence-corrected chi connectivity index (χ2v) is 10.3. The standard InChI is InChI=1S/C31H30N6O5/c32-17-23-15-22(5-6-27(23)42-24-7-9-36(10-8-24)28(39)18-38)29-25-16-26(35-30(25)34-19-33-29)20-1-3-21(4-2-20)31(40)37-11-13-41-14-12-37/h1-6,15-16,19,24,38H,7-14,18H2,(H,33,34,35). The van der Waals surface area contributed by atoms with Gasteiger partial charge in [0.05, 0.1) is 24.5 Å². The van der Waals surface area contributed by atoms with Crippen molar-refractivity contribution in [3.05, 3.63) is 66.0 Å². The van der Waals surface area contributed by atoms with Gasteiger partial charge in [-0.2, -0.15) is 5.26 Å². The number of piperidine rings is 1. The number of carbonyl (C=O) groups excluding carboxylic acids is 2. The number of nitrogens with one attached hydrogen (secondary N) is 1. The number of H-pyrrole nitrogens is 1. The Kier molecular flexibility index (Phi) is 7.81. The summed E-state index contributed by atoms with van der Waals surface area (Å²) in [7, 11) is 0. The number of carbonyl (C=O) groups is 2. The summed E-state index contributed by atoms with van der Waals surface area (Å²) < 4.78 is 11.5. The molecule has 2 fully saturated rings. The molecular formula is C31H30N6O5. The lowest BCUT2D eigenvalue weighted by atomic mass is 10.0. The zero-order valence-corrected chi connectivity index (χ0v) is 23.0. The summed E-state index contributed by atoms with van der Waals surface area (Å²) in [6.45, 7) is 2.82. The van der Waals surface area contributed by atoms with Crippen LogP contribution in [-0.2, 0) is 9.53 Å². The molecule has 6 rings (SSSR count). The highest BCUT2D eigenvalue weighted by Gasteiger charge is 2.24. The van der Waals surface area contributed by atoms with E-state index in [0.29, 0.717) is 80.5 Å². The highest BCUT2D eigenvalue weighted by atomic mass is 16.5. The molecule has 0 unspecified atom stereocenters. The predicted molar refractivity (Wildman–Crippen MR) is 154 cm³/mol. The summed E-state index contributed by atoms with van der Waals surface area (Å²) in [5.74, 6) is 0.202. The van der Waals surface area contributed by atoms with E-state index in [0.717, 1.165) is 22.2 Å². The van der Waals surface area contributed by atoms with Crippen molar-refractivity contribution in [1.29, 1.82) is 5.26 Å². The van der Waals surface area contributed by atoms with E-state index in [1.54, 1.807) is 21.9 Å². The Balaban J connectivity index is 1.21. The molecular weight excluding hydrogens is 536 g/mol. The van der Waals surface area contributed by atoms with Gasteiger partial charge in [0.15, 0.2) is 0 Å². The number of amides is 2. The number of nitriles is 1. The maximum Gasteiger partial charge on any atom is 0.254 e. The Morgan fingerprint density at radius 3 is 2.45 bits per heavy atom. The van der Waals surface area contributed by atoms with Gasteiger partial charge in [0.2, 0.25) is 5.91 Å². The Hall–Kier alpha value is -4.79. The SMILES string of the molecule is N#Cc1cc(-c2ncnc3[nH]c(-c4ccc(C(=O)N5CCOCC5)cc4)cc23)ccc1OC1CCN(C(=O)CO)CC1. The van der Waals surface area contributed by atoms with Crippen LogP contribution in [0.1, 0.15) is 28.8 Å². The fourth-order valence-corrected chi connectivity index (χ4v) is 5.44. The van der Waals surface area contributed by atoms with E-state index in [1.807, 2.05) is 36.4 Å². The first-order valence-corrected chi connectivity index (χ1v) is 13.9. The largest absolute Gasteiger partial charge is 0.489 e. The average molecular weight is 567 g/mol. The van der Waals surface area contributed by atoms with Crippen molar-refractivity contribution in [2.45, 2.75) is 18.9 Å². The zero-order valence-electron chi connectivity index (χ0n) is 23.0. The summed E-state index contributed by atoms with van der Waals surface area (Å²) in [5, 5.41) is 19.8. The molecule has 4 aromatic rings. The maximum atomic E-state index is 12.8. The van der Waals surface area contributed by atoms with Gasteiger partial charge in [-0.15, -0.1) is 0 Å². The lowest BCUT2D eigenvalue weighted by Gasteiger charge is -2.32. The molecule has 0 radical (unpaired) electrons. The summed E-state index contributed by atoms with van der Waals surface area (Å²) >= 11 is 0. The number of aliphatic hydroxyl groups is 1. The van der Waals surface area contributed by atoms with Gasteiger partial charge in [-0.3, -0.25) is 9.59 Å². The number of rotatable bonds is 6. The number of ether oxygens (including phenoxy) is 2. The summed E-state index contributed by atoms with van der Waals surface area (Å²) in [4.78, 5) is 40.3. The second kappa shape index (κ2) is 12.0. The fourth-order valence-electron chi connectivity index (χ4n) is 5.44. The monoisotopic (exact) mass is 566 g/mol. The quantitative estimate of drug-likeness (QED) is 0.362. The van der Waals surface area contributed by atoms with Crippen LogP contribution in [0.5, 0.6) is 5.75 Å². The lowest BCUT2D eigenvalue weighted by Crippen LogP contribution is -2.42. The molecule has 0 saturated carbocycles. The molecule has 2 N–H and O–H groups in total. The number of likely N-dealkylation sites (tertiary alicyclic amines) is 1. The van der Waals surface area contributed by atoms with Crippen molar-refractivity contribution in [3.8, 4) is 34.3 Å². The van der Waals surface area contributed by atoms with Crippen LogP contribution in [0.2, 0.25) is 0 Å². The molecule has 2 aromatic carbocycles. The van der Waals surface area contributed by atoms with Crippen LogP contribution in [-0.4, -0.2) is 93.8 Å². The third kappa shape index (κ3) is 5.54. The molecule has 0 bridgehead atoms. The topological polar surface area (TPSA) is 145 Å². The van der Waals surface area contributed by atoms with Gasteiger partial charge in [0.25, 0.3) is 5.91 Å². The molecule has 0 spiro atoms.